The summed E-state index contributed by atoms with van der Waals surface area (Å²) in [5.74, 6) is 1.89. The number of carbonyl (C=O) groups excluding carboxylic acids is 1. The van der Waals surface area contributed by atoms with Crippen molar-refractivity contribution in [1.29, 1.82) is 0 Å². The van der Waals surface area contributed by atoms with Crippen LogP contribution in [-0.4, -0.2) is 21.9 Å². The lowest BCUT2D eigenvalue weighted by molar-refractivity contribution is 0.102. The topological polar surface area (TPSA) is 76.1 Å². The van der Waals surface area contributed by atoms with Crippen LogP contribution in [0.1, 0.15) is 42.6 Å². The summed E-state index contributed by atoms with van der Waals surface area (Å²) in [4.78, 5) is 21.0. The third-order valence-corrected chi connectivity index (χ3v) is 4.93. The molecule has 0 aliphatic heterocycles. The first kappa shape index (κ1) is 18.9. The maximum atomic E-state index is 12.4. The van der Waals surface area contributed by atoms with Crippen molar-refractivity contribution in [1.82, 2.24) is 9.97 Å². The summed E-state index contributed by atoms with van der Waals surface area (Å²) in [5.41, 5.74) is 0.949. The molecule has 6 heteroatoms. The number of rotatable bonds is 6. The zero-order valence-electron chi connectivity index (χ0n) is 16.2. The lowest BCUT2D eigenvalue weighted by Gasteiger charge is -2.23. The van der Waals surface area contributed by atoms with Crippen molar-refractivity contribution in [2.24, 2.45) is 0 Å². The molecule has 0 bridgehead atoms. The minimum atomic E-state index is -0.293. The van der Waals surface area contributed by atoms with Crippen molar-refractivity contribution in [3.63, 3.8) is 0 Å². The van der Waals surface area contributed by atoms with Gasteiger partial charge in [0.1, 0.15) is 23.0 Å². The lowest BCUT2D eigenvalue weighted by Crippen LogP contribution is -2.23. The Kier molecular flexibility index (Phi) is 6.00. The van der Waals surface area contributed by atoms with E-state index in [-0.39, 0.29) is 11.6 Å². The molecule has 1 aromatic heterocycles. The molecule has 0 saturated heterocycles. The van der Waals surface area contributed by atoms with Gasteiger partial charge < -0.3 is 15.4 Å². The van der Waals surface area contributed by atoms with Crippen molar-refractivity contribution >= 4 is 17.4 Å². The van der Waals surface area contributed by atoms with Gasteiger partial charge in [-0.05, 0) is 49.2 Å². The Balaban J connectivity index is 1.32. The number of nitrogens with one attached hydrogen (secondary N) is 2. The third-order valence-electron chi connectivity index (χ3n) is 4.93. The predicted octanol–water partition coefficient (Wildman–Crippen LogP) is 5.27. The van der Waals surface area contributed by atoms with Gasteiger partial charge >= 0.3 is 0 Å². The van der Waals surface area contributed by atoms with Gasteiger partial charge in [-0.15, -0.1) is 0 Å². The maximum Gasteiger partial charge on any atom is 0.275 e. The van der Waals surface area contributed by atoms with Crippen molar-refractivity contribution in [3.05, 3.63) is 72.7 Å². The van der Waals surface area contributed by atoms with Crippen LogP contribution in [-0.2, 0) is 0 Å². The molecule has 0 spiro atoms. The van der Waals surface area contributed by atoms with Gasteiger partial charge in [-0.2, -0.15) is 0 Å². The second-order valence-electron chi connectivity index (χ2n) is 7.16. The quantitative estimate of drug-likeness (QED) is 0.602. The first-order valence-corrected chi connectivity index (χ1v) is 9.99. The molecule has 148 valence electrons. The highest BCUT2D eigenvalue weighted by atomic mass is 16.5. The summed E-state index contributed by atoms with van der Waals surface area (Å²) in [6.45, 7) is 0. The van der Waals surface area contributed by atoms with E-state index in [0.717, 1.165) is 24.4 Å². The second kappa shape index (κ2) is 9.19. The van der Waals surface area contributed by atoms with Crippen molar-refractivity contribution in [2.75, 3.05) is 10.6 Å². The number of ether oxygens (including phenoxy) is 1. The summed E-state index contributed by atoms with van der Waals surface area (Å²) in [7, 11) is 0. The summed E-state index contributed by atoms with van der Waals surface area (Å²) in [6.07, 6.45) is 9.26. The number of amides is 1. The number of aromatic nitrogens is 2. The first-order chi connectivity index (χ1) is 14.3. The number of hydrogen-bond donors (Lipinski definition) is 2. The highest BCUT2D eigenvalue weighted by molar-refractivity contribution is 6.02. The number of para-hydroxylation sites is 1. The van der Waals surface area contributed by atoms with E-state index in [2.05, 4.69) is 20.6 Å². The Hall–Kier alpha value is -3.41. The van der Waals surface area contributed by atoms with Gasteiger partial charge in [0.15, 0.2) is 0 Å². The van der Waals surface area contributed by atoms with E-state index in [0.29, 0.717) is 17.5 Å². The van der Waals surface area contributed by atoms with Crippen LogP contribution in [0.25, 0.3) is 0 Å². The molecular formula is C23H24N4O2. The fourth-order valence-corrected chi connectivity index (χ4v) is 3.40. The molecule has 4 rings (SSSR count). The van der Waals surface area contributed by atoms with Crippen LogP contribution in [0.2, 0.25) is 0 Å². The number of hydrogen-bond acceptors (Lipinski definition) is 5. The zero-order valence-corrected chi connectivity index (χ0v) is 16.2. The van der Waals surface area contributed by atoms with Crippen molar-refractivity contribution < 1.29 is 9.53 Å². The average molecular weight is 388 g/mol. The van der Waals surface area contributed by atoms with E-state index < -0.39 is 0 Å². The van der Waals surface area contributed by atoms with Crippen molar-refractivity contribution in [3.8, 4) is 11.5 Å². The highest BCUT2D eigenvalue weighted by Crippen LogP contribution is 2.23. The Morgan fingerprint density at radius 1 is 0.862 bits per heavy atom. The van der Waals surface area contributed by atoms with Crippen LogP contribution in [0.4, 0.5) is 11.5 Å². The molecule has 1 fully saturated rings. The fourth-order valence-electron chi connectivity index (χ4n) is 3.40. The number of benzene rings is 2. The molecule has 1 amide bonds. The summed E-state index contributed by atoms with van der Waals surface area (Å²) in [6, 6.07) is 17.2. The van der Waals surface area contributed by atoms with Gasteiger partial charge in [0.05, 0.1) is 12.4 Å². The van der Waals surface area contributed by atoms with Crippen LogP contribution < -0.4 is 15.4 Å². The van der Waals surface area contributed by atoms with Gasteiger partial charge in [0.2, 0.25) is 0 Å². The standard InChI is InChI=1S/C23H24N4O2/c28-23(21-15-25-22(16-24-21)26-17-7-3-1-4-8-17)27-18-11-13-20(14-12-18)29-19-9-5-2-6-10-19/h2,5-6,9-17H,1,3-4,7-8H2,(H,25,26)(H,27,28). The highest BCUT2D eigenvalue weighted by Gasteiger charge is 2.14. The SMILES string of the molecule is O=C(Nc1ccc(Oc2ccccc2)cc1)c1cnc(NC2CCCCC2)cn1. The molecule has 1 aliphatic carbocycles. The molecule has 2 aromatic carbocycles. The number of nitrogens with zero attached hydrogens (tertiary/aromatic N) is 2. The lowest BCUT2D eigenvalue weighted by atomic mass is 9.96. The second-order valence-corrected chi connectivity index (χ2v) is 7.16. The Bertz CT molecular complexity index is 921. The summed E-state index contributed by atoms with van der Waals surface area (Å²) in [5, 5.41) is 6.24. The fraction of sp³-hybridized carbons (Fsp3) is 0.261. The van der Waals surface area contributed by atoms with E-state index in [4.69, 9.17) is 4.74 Å². The smallest absolute Gasteiger partial charge is 0.275 e. The monoisotopic (exact) mass is 388 g/mol. The van der Waals surface area contributed by atoms with E-state index >= 15 is 0 Å². The van der Waals surface area contributed by atoms with E-state index in [1.54, 1.807) is 18.3 Å². The molecule has 3 aromatic rings. The Morgan fingerprint density at radius 3 is 2.28 bits per heavy atom. The van der Waals surface area contributed by atoms with Crippen molar-refractivity contribution in [2.45, 2.75) is 38.1 Å². The van der Waals surface area contributed by atoms with Crippen LogP contribution in [0.3, 0.4) is 0 Å². The number of anilines is 2. The minimum absolute atomic E-state index is 0.281. The minimum Gasteiger partial charge on any atom is -0.457 e. The predicted molar refractivity (Wildman–Crippen MR) is 113 cm³/mol. The molecule has 0 atom stereocenters. The van der Waals surface area contributed by atoms with E-state index in [9.17, 15) is 4.79 Å². The zero-order chi connectivity index (χ0) is 19.9. The van der Waals surface area contributed by atoms with Gasteiger partial charge in [0.25, 0.3) is 5.91 Å². The Labute approximate surface area is 170 Å². The molecule has 2 N–H and O–H groups in total. The van der Waals surface area contributed by atoms with Crippen LogP contribution in [0.5, 0.6) is 11.5 Å². The third kappa shape index (κ3) is 5.31. The van der Waals surface area contributed by atoms with Gasteiger partial charge in [0, 0.05) is 11.7 Å². The molecule has 1 saturated carbocycles. The normalized spacial score (nSPS) is 14.2. The largest absolute Gasteiger partial charge is 0.457 e. The molecule has 0 unspecified atom stereocenters. The van der Waals surface area contributed by atoms with Crippen LogP contribution in [0, 0.1) is 0 Å². The van der Waals surface area contributed by atoms with Gasteiger partial charge in [-0.3, -0.25) is 4.79 Å². The maximum absolute atomic E-state index is 12.4. The molecule has 1 aliphatic rings. The summed E-state index contributed by atoms with van der Waals surface area (Å²) >= 11 is 0. The van der Waals surface area contributed by atoms with Gasteiger partial charge in [-0.25, -0.2) is 9.97 Å². The average Bonchev–Trinajstić information content (AvgIpc) is 2.77. The van der Waals surface area contributed by atoms with E-state index in [1.165, 1.54) is 25.5 Å². The molecule has 29 heavy (non-hydrogen) atoms. The summed E-state index contributed by atoms with van der Waals surface area (Å²) < 4.78 is 5.76. The number of carbonyl (C=O) groups is 1. The Morgan fingerprint density at radius 2 is 1.59 bits per heavy atom. The van der Waals surface area contributed by atoms with E-state index in [1.807, 2.05) is 42.5 Å². The van der Waals surface area contributed by atoms with Crippen LogP contribution in [0.15, 0.2) is 67.0 Å². The molecular weight excluding hydrogens is 364 g/mol. The molecule has 1 heterocycles. The molecule has 0 radical (unpaired) electrons. The molecule has 6 nitrogen and oxygen atoms in total. The van der Waals surface area contributed by atoms with Gasteiger partial charge in [-0.1, -0.05) is 37.5 Å². The van der Waals surface area contributed by atoms with Crippen LogP contribution >= 0.6 is 0 Å². The first-order valence-electron chi connectivity index (χ1n) is 9.99.